The molecule has 0 atom stereocenters. The molecule has 1 aromatic rings. The number of hydrogen-bond acceptors (Lipinski definition) is 3. The summed E-state index contributed by atoms with van der Waals surface area (Å²) in [6, 6.07) is 3.13. The third-order valence-electron chi connectivity index (χ3n) is 1.88. The smallest absolute Gasteiger partial charge is 0.280 e. The van der Waals surface area contributed by atoms with Gasteiger partial charge < -0.3 is 5.73 Å². The number of halogens is 3. The SMILES string of the molecule is N#CCc1cc(C(F)F)nc(Br)c1CN. The molecule has 3 nitrogen and oxygen atoms in total. The topological polar surface area (TPSA) is 62.7 Å². The summed E-state index contributed by atoms with van der Waals surface area (Å²) >= 11 is 3.06. The van der Waals surface area contributed by atoms with Gasteiger partial charge in [0.1, 0.15) is 10.3 Å². The number of pyridine rings is 1. The Morgan fingerprint density at radius 1 is 1.60 bits per heavy atom. The summed E-state index contributed by atoms with van der Waals surface area (Å²) < 4.78 is 25.1. The Kier molecular flexibility index (Phi) is 4.12. The maximum absolute atomic E-state index is 12.4. The second kappa shape index (κ2) is 5.14. The number of nitrogens with two attached hydrogens (primary N) is 1. The van der Waals surface area contributed by atoms with Crippen molar-refractivity contribution < 1.29 is 8.78 Å². The van der Waals surface area contributed by atoms with Gasteiger partial charge in [-0.15, -0.1) is 0 Å². The van der Waals surface area contributed by atoms with Crippen molar-refractivity contribution in [3.8, 4) is 6.07 Å². The number of aromatic nitrogens is 1. The van der Waals surface area contributed by atoms with Crippen LogP contribution in [0.25, 0.3) is 0 Å². The first-order valence-corrected chi connectivity index (χ1v) is 4.92. The Balaban J connectivity index is 3.26. The molecule has 0 fully saturated rings. The molecule has 0 radical (unpaired) electrons. The Labute approximate surface area is 94.0 Å². The Bertz CT molecular complexity index is 401. The van der Waals surface area contributed by atoms with Crippen LogP contribution < -0.4 is 5.73 Å². The van der Waals surface area contributed by atoms with Gasteiger partial charge in [-0.3, -0.25) is 0 Å². The standard InChI is InChI=1S/C9H8BrF2N3/c10-8-6(4-14)5(1-2-13)3-7(15-8)9(11)12/h3,9H,1,4,14H2. The largest absolute Gasteiger partial charge is 0.326 e. The third-order valence-corrected chi connectivity index (χ3v) is 2.54. The van der Waals surface area contributed by atoms with E-state index in [2.05, 4.69) is 20.9 Å². The zero-order valence-corrected chi connectivity index (χ0v) is 9.26. The first-order chi connectivity index (χ1) is 7.10. The minimum absolute atomic E-state index is 0.0490. The zero-order chi connectivity index (χ0) is 11.4. The van der Waals surface area contributed by atoms with Gasteiger partial charge >= 0.3 is 0 Å². The van der Waals surface area contributed by atoms with Crippen LogP contribution >= 0.6 is 15.9 Å². The summed E-state index contributed by atoms with van der Waals surface area (Å²) in [6.45, 7) is 0.161. The van der Waals surface area contributed by atoms with Crippen LogP contribution in [0.5, 0.6) is 0 Å². The van der Waals surface area contributed by atoms with E-state index in [0.29, 0.717) is 11.1 Å². The third kappa shape index (κ3) is 2.70. The van der Waals surface area contributed by atoms with Crippen LogP contribution in [0.3, 0.4) is 0 Å². The summed E-state index contributed by atoms with van der Waals surface area (Å²) in [5.41, 5.74) is 6.19. The second-order valence-electron chi connectivity index (χ2n) is 2.82. The van der Waals surface area contributed by atoms with Gasteiger partial charge in [0.2, 0.25) is 0 Å². The zero-order valence-electron chi connectivity index (χ0n) is 7.67. The molecule has 1 aromatic heterocycles. The summed E-state index contributed by atoms with van der Waals surface area (Å²) in [5.74, 6) is 0. The minimum Gasteiger partial charge on any atom is -0.326 e. The number of nitrogens with zero attached hydrogens (tertiary/aromatic N) is 2. The molecule has 0 spiro atoms. The van der Waals surface area contributed by atoms with E-state index in [9.17, 15) is 8.78 Å². The van der Waals surface area contributed by atoms with Crippen molar-refractivity contribution in [2.24, 2.45) is 5.73 Å². The van der Waals surface area contributed by atoms with Crippen LogP contribution in [0.1, 0.15) is 23.2 Å². The quantitative estimate of drug-likeness (QED) is 0.861. The van der Waals surface area contributed by atoms with Crippen molar-refractivity contribution in [1.29, 1.82) is 5.26 Å². The Morgan fingerprint density at radius 3 is 2.73 bits per heavy atom. The van der Waals surface area contributed by atoms with Crippen molar-refractivity contribution in [2.45, 2.75) is 19.4 Å². The van der Waals surface area contributed by atoms with Gasteiger partial charge in [0, 0.05) is 12.1 Å². The fourth-order valence-electron chi connectivity index (χ4n) is 1.18. The molecule has 2 N–H and O–H groups in total. The maximum atomic E-state index is 12.4. The highest BCUT2D eigenvalue weighted by molar-refractivity contribution is 9.10. The van der Waals surface area contributed by atoms with Gasteiger partial charge in [0.15, 0.2) is 0 Å². The van der Waals surface area contributed by atoms with Gasteiger partial charge in [-0.1, -0.05) is 0 Å². The molecule has 0 aliphatic heterocycles. The summed E-state index contributed by atoms with van der Waals surface area (Å²) in [7, 11) is 0. The van der Waals surface area contributed by atoms with Gasteiger partial charge in [0.25, 0.3) is 6.43 Å². The minimum atomic E-state index is -2.65. The summed E-state index contributed by atoms with van der Waals surface area (Å²) in [6.07, 6.45) is -2.60. The summed E-state index contributed by atoms with van der Waals surface area (Å²) in [5, 5.41) is 8.55. The second-order valence-corrected chi connectivity index (χ2v) is 3.57. The Hall–Kier alpha value is -1.06. The molecule has 0 aliphatic carbocycles. The normalized spacial score (nSPS) is 10.4. The molecule has 0 aliphatic rings. The molecule has 0 amide bonds. The molecule has 6 heteroatoms. The van der Waals surface area contributed by atoms with E-state index in [0.717, 1.165) is 0 Å². The molecule has 1 rings (SSSR count). The maximum Gasteiger partial charge on any atom is 0.280 e. The van der Waals surface area contributed by atoms with Crippen molar-refractivity contribution in [3.05, 3.63) is 27.5 Å². The molecular formula is C9H8BrF2N3. The molecule has 1 heterocycles. The average molecular weight is 276 g/mol. The number of nitriles is 1. The van der Waals surface area contributed by atoms with Crippen LogP contribution in [0.15, 0.2) is 10.7 Å². The molecule has 0 aromatic carbocycles. The van der Waals surface area contributed by atoms with E-state index >= 15 is 0 Å². The van der Waals surface area contributed by atoms with E-state index in [-0.39, 0.29) is 23.3 Å². The molecule has 0 saturated carbocycles. The van der Waals surface area contributed by atoms with Crippen LogP contribution in [0.2, 0.25) is 0 Å². The van der Waals surface area contributed by atoms with Crippen molar-refractivity contribution >= 4 is 15.9 Å². The first kappa shape index (κ1) is 12.0. The molecule has 0 unspecified atom stereocenters. The lowest BCUT2D eigenvalue weighted by molar-refractivity contribution is 0.145. The van der Waals surface area contributed by atoms with Gasteiger partial charge in [-0.05, 0) is 27.6 Å². The predicted octanol–water partition coefficient (Wildman–Crippen LogP) is 2.31. The van der Waals surface area contributed by atoms with E-state index in [1.54, 1.807) is 0 Å². The van der Waals surface area contributed by atoms with E-state index < -0.39 is 6.43 Å². The lowest BCUT2D eigenvalue weighted by Crippen LogP contribution is -2.06. The summed E-state index contributed by atoms with van der Waals surface area (Å²) in [4.78, 5) is 3.66. The van der Waals surface area contributed by atoms with E-state index in [4.69, 9.17) is 11.0 Å². The monoisotopic (exact) mass is 275 g/mol. The van der Waals surface area contributed by atoms with Crippen molar-refractivity contribution in [1.82, 2.24) is 4.98 Å². The van der Waals surface area contributed by atoms with Crippen molar-refractivity contribution in [2.75, 3.05) is 0 Å². The highest BCUT2D eigenvalue weighted by Crippen LogP contribution is 2.25. The molecule has 15 heavy (non-hydrogen) atoms. The number of hydrogen-bond donors (Lipinski definition) is 1. The fraction of sp³-hybridized carbons (Fsp3) is 0.333. The number of alkyl halides is 2. The molecule has 0 bridgehead atoms. The lowest BCUT2D eigenvalue weighted by atomic mass is 10.1. The molecule has 0 saturated heterocycles. The lowest BCUT2D eigenvalue weighted by Gasteiger charge is -2.09. The van der Waals surface area contributed by atoms with E-state index in [1.165, 1.54) is 6.07 Å². The van der Waals surface area contributed by atoms with Crippen LogP contribution in [0.4, 0.5) is 8.78 Å². The average Bonchev–Trinajstić information content (AvgIpc) is 2.17. The highest BCUT2D eigenvalue weighted by atomic mass is 79.9. The predicted molar refractivity (Wildman–Crippen MR) is 54.1 cm³/mol. The molecule has 80 valence electrons. The Morgan fingerprint density at radius 2 is 2.27 bits per heavy atom. The molecular weight excluding hydrogens is 268 g/mol. The van der Waals surface area contributed by atoms with E-state index in [1.807, 2.05) is 6.07 Å². The highest BCUT2D eigenvalue weighted by Gasteiger charge is 2.15. The van der Waals surface area contributed by atoms with Crippen LogP contribution in [-0.4, -0.2) is 4.98 Å². The van der Waals surface area contributed by atoms with Gasteiger partial charge in [-0.2, -0.15) is 5.26 Å². The van der Waals surface area contributed by atoms with Crippen molar-refractivity contribution in [3.63, 3.8) is 0 Å². The van der Waals surface area contributed by atoms with Crippen LogP contribution in [0, 0.1) is 11.3 Å². The van der Waals surface area contributed by atoms with Gasteiger partial charge in [-0.25, -0.2) is 13.8 Å². The van der Waals surface area contributed by atoms with Crippen LogP contribution in [-0.2, 0) is 13.0 Å². The number of rotatable bonds is 3. The first-order valence-electron chi connectivity index (χ1n) is 4.13. The fourth-order valence-corrected chi connectivity index (χ4v) is 1.80. The van der Waals surface area contributed by atoms with Gasteiger partial charge in [0.05, 0.1) is 12.5 Å².